The fraction of sp³-hybridized carbons (Fsp3) is 0.526. The molecular weight excluding hydrogens is 306 g/mol. The third kappa shape index (κ3) is 7.90. The molecule has 24 heavy (non-hydrogen) atoms. The van der Waals surface area contributed by atoms with E-state index in [-0.39, 0.29) is 12.2 Å². The Bertz CT molecular complexity index is 418. The van der Waals surface area contributed by atoms with E-state index >= 15 is 0 Å². The average Bonchev–Trinajstić information content (AvgIpc) is 2.59. The number of hydrogen-bond acceptors (Lipinski definition) is 5. The normalized spacial score (nSPS) is 12.8. The SMILES string of the molecule is C=COC(CCC)COc1ccc(OCC(CCC)OC=C)nc1. The van der Waals surface area contributed by atoms with Crippen molar-refractivity contribution >= 4 is 0 Å². The van der Waals surface area contributed by atoms with E-state index in [2.05, 4.69) is 32.0 Å². The predicted octanol–water partition coefficient (Wildman–Crippen LogP) is 4.50. The van der Waals surface area contributed by atoms with Crippen molar-refractivity contribution in [3.63, 3.8) is 0 Å². The summed E-state index contributed by atoms with van der Waals surface area (Å²) in [6.45, 7) is 12.3. The highest BCUT2D eigenvalue weighted by molar-refractivity contribution is 5.22. The van der Waals surface area contributed by atoms with Crippen molar-refractivity contribution in [3.8, 4) is 11.6 Å². The van der Waals surface area contributed by atoms with Gasteiger partial charge in [-0.05, 0) is 18.9 Å². The first-order valence-electron chi connectivity index (χ1n) is 8.47. The van der Waals surface area contributed by atoms with Crippen molar-refractivity contribution in [1.82, 2.24) is 4.98 Å². The van der Waals surface area contributed by atoms with Crippen molar-refractivity contribution in [2.45, 2.75) is 51.7 Å². The molecule has 0 fully saturated rings. The Morgan fingerprint density at radius 2 is 1.54 bits per heavy atom. The van der Waals surface area contributed by atoms with Crippen LogP contribution in [0.3, 0.4) is 0 Å². The number of ether oxygens (including phenoxy) is 4. The van der Waals surface area contributed by atoms with Crippen molar-refractivity contribution in [2.24, 2.45) is 0 Å². The molecule has 0 amide bonds. The molecule has 0 spiro atoms. The van der Waals surface area contributed by atoms with Crippen LogP contribution in [0.5, 0.6) is 11.6 Å². The van der Waals surface area contributed by atoms with E-state index < -0.39 is 0 Å². The summed E-state index contributed by atoms with van der Waals surface area (Å²) in [5.74, 6) is 1.23. The molecule has 0 bridgehead atoms. The maximum Gasteiger partial charge on any atom is 0.213 e. The van der Waals surface area contributed by atoms with Gasteiger partial charge in [-0.2, -0.15) is 0 Å². The van der Waals surface area contributed by atoms with Gasteiger partial charge in [-0.3, -0.25) is 0 Å². The van der Waals surface area contributed by atoms with Crippen LogP contribution in [0.1, 0.15) is 39.5 Å². The van der Waals surface area contributed by atoms with Crippen molar-refractivity contribution < 1.29 is 18.9 Å². The molecule has 2 atom stereocenters. The lowest BCUT2D eigenvalue weighted by molar-refractivity contribution is 0.0781. The van der Waals surface area contributed by atoms with Crippen LogP contribution in [0.25, 0.3) is 0 Å². The molecule has 1 aromatic heterocycles. The topological polar surface area (TPSA) is 49.8 Å². The van der Waals surface area contributed by atoms with Gasteiger partial charge in [0.2, 0.25) is 5.88 Å². The van der Waals surface area contributed by atoms with Gasteiger partial charge in [0.15, 0.2) is 0 Å². The van der Waals surface area contributed by atoms with Crippen LogP contribution in [0, 0.1) is 0 Å². The molecule has 0 saturated carbocycles. The smallest absolute Gasteiger partial charge is 0.213 e. The number of hydrogen-bond donors (Lipinski definition) is 0. The summed E-state index contributed by atoms with van der Waals surface area (Å²) in [6.07, 6.45) is 8.44. The summed E-state index contributed by atoms with van der Waals surface area (Å²) < 4.78 is 22.2. The van der Waals surface area contributed by atoms with Crippen LogP contribution in [0.4, 0.5) is 0 Å². The van der Waals surface area contributed by atoms with Crippen LogP contribution in [0.2, 0.25) is 0 Å². The number of nitrogens with zero attached hydrogens (tertiary/aromatic N) is 1. The summed E-state index contributed by atoms with van der Waals surface area (Å²) in [7, 11) is 0. The fourth-order valence-corrected chi connectivity index (χ4v) is 2.20. The van der Waals surface area contributed by atoms with Gasteiger partial charge in [0.1, 0.15) is 31.2 Å². The lowest BCUT2D eigenvalue weighted by Crippen LogP contribution is -2.20. The minimum atomic E-state index is -0.00363. The summed E-state index contributed by atoms with van der Waals surface area (Å²) in [6, 6.07) is 3.62. The second-order valence-corrected chi connectivity index (χ2v) is 5.38. The van der Waals surface area contributed by atoms with Gasteiger partial charge >= 0.3 is 0 Å². The molecule has 1 heterocycles. The standard InChI is InChI=1S/C19H29NO4/c1-5-9-17(21-7-3)14-23-16-11-12-19(20-13-16)24-15-18(10-6-2)22-8-4/h7-8,11-13,17-18H,3-6,9-10,14-15H2,1-2H3. The molecular formula is C19H29NO4. The van der Waals surface area contributed by atoms with E-state index in [1.165, 1.54) is 12.5 Å². The second kappa shape index (κ2) is 12.3. The highest BCUT2D eigenvalue weighted by Gasteiger charge is 2.10. The monoisotopic (exact) mass is 335 g/mol. The highest BCUT2D eigenvalue weighted by atomic mass is 16.5. The van der Waals surface area contributed by atoms with Crippen LogP contribution in [-0.4, -0.2) is 30.4 Å². The Balaban J connectivity index is 2.44. The Morgan fingerprint density at radius 1 is 0.958 bits per heavy atom. The average molecular weight is 335 g/mol. The summed E-state index contributed by atoms with van der Waals surface area (Å²) in [4.78, 5) is 4.25. The molecule has 0 aliphatic heterocycles. The van der Waals surface area contributed by atoms with Crippen LogP contribution in [-0.2, 0) is 9.47 Å². The van der Waals surface area contributed by atoms with Crippen molar-refractivity contribution in [1.29, 1.82) is 0 Å². The molecule has 5 heteroatoms. The maximum absolute atomic E-state index is 5.70. The van der Waals surface area contributed by atoms with E-state index in [9.17, 15) is 0 Å². The van der Waals surface area contributed by atoms with Gasteiger partial charge in [0.05, 0.1) is 18.7 Å². The molecule has 0 radical (unpaired) electrons. The Kier molecular flexibility index (Phi) is 10.2. The van der Waals surface area contributed by atoms with E-state index in [0.29, 0.717) is 24.8 Å². The molecule has 2 unspecified atom stereocenters. The van der Waals surface area contributed by atoms with Gasteiger partial charge in [0, 0.05) is 6.07 Å². The first kappa shape index (κ1) is 19.9. The van der Waals surface area contributed by atoms with Crippen LogP contribution >= 0.6 is 0 Å². The quantitative estimate of drug-likeness (QED) is 0.469. The third-order valence-electron chi connectivity index (χ3n) is 3.36. The maximum atomic E-state index is 5.70. The van der Waals surface area contributed by atoms with Crippen molar-refractivity contribution in [3.05, 3.63) is 44.0 Å². The van der Waals surface area contributed by atoms with E-state index in [1.54, 1.807) is 12.3 Å². The van der Waals surface area contributed by atoms with E-state index in [4.69, 9.17) is 18.9 Å². The molecule has 5 nitrogen and oxygen atoms in total. The third-order valence-corrected chi connectivity index (χ3v) is 3.36. The molecule has 1 rings (SSSR count). The molecule has 0 aliphatic carbocycles. The fourth-order valence-electron chi connectivity index (χ4n) is 2.20. The molecule has 0 aromatic carbocycles. The first-order valence-corrected chi connectivity index (χ1v) is 8.47. The molecule has 0 N–H and O–H groups in total. The van der Waals surface area contributed by atoms with Crippen LogP contribution < -0.4 is 9.47 Å². The highest BCUT2D eigenvalue weighted by Crippen LogP contribution is 2.16. The van der Waals surface area contributed by atoms with Crippen LogP contribution in [0.15, 0.2) is 44.0 Å². The minimum absolute atomic E-state index is 0.00363. The first-order chi connectivity index (χ1) is 11.7. The Morgan fingerprint density at radius 3 is 2.00 bits per heavy atom. The zero-order chi connectivity index (χ0) is 17.6. The molecule has 0 saturated heterocycles. The van der Waals surface area contributed by atoms with Gasteiger partial charge < -0.3 is 18.9 Å². The minimum Gasteiger partial charge on any atom is -0.495 e. The van der Waals surface area contributed by atoms with Gasteiger partial charge in [0.25, 0.3) is 0 Å². The van der Waals surface area contributed by atoms with Gasteiger partial charge in [-0.15, -0.1) is 0 Å². The zero-order valence-corrected chi connectivity index (χ0v) is 14.8. The Hall–Kier alpha value is -2.17. The summed E-state index contributed by atoms with van der Waals surface area (Å²) in [5.41, 5.74) is 0. The lowest BCUT2D eigenvalue weighted by Gasteiger charge is -2.17. The zero-order valence-electron chi connectivity index (χ0n) is 14.8. The lowest BCUT2D eigenvalue weighted by atomic mass is 10.2. The molecule has 1 aromatic rings. The van der Waals surface area contributed by atoms with E-state index in [1.807, 2.05) is 6.07 Å². The predicted molar refractivity (Wildman–Crippen MR) is 95.2 cm³/mol. The Labute approximate surface area is 145 Å². The second-order valence-electron chi connectivity index (χ2n) is 5.38. The number of pyridine rings is 1. The van der Waals surface area contributed by atoms with Gasteiger partial charge in [-0.1, -0.05) is 39.8 Å². The van der Waals surface area contributed by atoms with Crippen molar-refractivity contribution in [2.75, 3.05) is 13.2 Å². The van der Waals surface area contributed by atoms with E-state index in [0.717, 1.165) is 25.7 Å². The summed E-state index contributed by atoms with van der Waals surface area (Å²) in [5, 5.41) is 0. The summed E-state index contributed by atoms with van der Waals surface area (Å²) >= 11 is 0. The largest absolute Gasteiger partial charge is 0.495 e. The number of aromatic nitrogens is 1. The number of rotatable bonds is 14. The molecule has 0 aliphatic rings. The van der Waals surface area contributed by atoms with Gasteiger partial charge in [-0.25, -0.2) is 4.98 Å². The molecule has 134 valence electrons.